The van der Waals surface area contributed by atoms with E-state index in [0.717, 1.165) is 18.4 Å². The molecule has 14 heavy (non-hydrogen) atoms. The van der Waals surface area contributed by atoms with Crippen LogP contribution in [-0.2, 0) is 6.42 Å². The van der Waals surface area contributed by atoms with E-state index in [2.05, 4.69) is 0 Å². The van der Waals surface area contributed by atoms with Gasteiger partial charge in [0.15, 0.2) is 18.3 Å². The van der Waals surface area contributed by atoms with E-state index >= 15 is 0 Å². The second kappa shape index (κ2) is 4.72. The summed E-state index contributed by atoms with van der Waals surface area (Å²) in [6, 6.07) is 2.75. The Morgan fingerprint density at radius 3 is 2.43 bits per heavy atom. The smallest absolute Gasteiger partial charge is 0.186 e. The lowest BCUT2D eigenvalue weighted by Gasteiger charge is -2.10. The summed E-state index contributed by atoms with van der Waals surface area (Å²) in [7, 11) is 0. The Balaban J connectivity index is 3.03. The third-order valence-corrected chi connectivity index (χ3v) is 1.90. The molecule has 4 heteroatoms. The molecule has 1 aromatic rings. The van der Waals surface area contributed by atoms with Crippen LogP contribution in [0.2, 0.25) is 0 Å². The lowest BCUT2D eigenvalue weighted by molar-refractivity contribution is 0.0972. The maximum Gasteiger partial charge on any atom is 0.186 e. The number of benzene rings is 1. The van der Waals surface area contributed by atoms with Gasteiger partial charge in [0.05, 0.1) is 0 Å². The topological polar surface area (TPSA) is 69.9 Å². The molecule has 0 saturated heterocycles. The summed E-state index contributed by atoms with van der Waals surface area (Å²) in [5, 5.41) is 27.1. The van der Waals surface area contributed by atoms with Gasteiger partial charge in [-0.05, 0) is 18.1 Å². The zero-order valence-corrected chi connectivity index (χ0v) is 8.03. The van der Waals surface area contributed by atoms with Crippen LogP contribution in [0.1, 0.15) is 18.9 Å². The summed E-state index contributed by atoms with van der Waals surface area (Å²) in [6.07, 6.45) is 1.62. The van der Waals surface area contributed by atoms with Crippen molar-refractivity contribution < 1.29 is 20.1 Å². The molecule has 0 saturated carbocycles. The summed E-state index contributed by atoms with van der Waals surface area (Å²) in [5.41, 5.74) is 0.775. The van der Waals surface area contributed by atoms with E-state index in [-0.39, 0.29) is 11.5 Å². The van der Waals surface area contributed by atoms with Crippen LogP contribution in [0.15, 0.2) is 12.1 Å². The van der Waals surface area contributed by atoms with E-state index < -0.39 is 6.79 Å². The van der Waals surface area contributed by atoms with Crippen LogP contribution in [0, 0.1) is 0 Å². The van der Waals surface area contributed by atoms with Gasteiger partial charge in [-0.25, -0.2) is 0 Å². The number of aromatic hydroxyl groups is 2. The molecule has 3 N–H and O–H groups in total. The zero-order chi connectivity index (χ0) is 10.6. The van der Waals surface area contributed by atoms with Crippen LogP contribution in [0.4, 0.5) is 0 Å². The number of aliphatic hydroxyl groups excluding tert-OH is 1. The van der Waals surface area contributed by atoms with E-state index in [4.69, 9.17) is 9.84 Å². The molecule has 1 aromatic carbocycles. The fourth-order valence-electron chi connectivity index (χ4n) is 1.27. The first-order valence-corrected chi connectivity index (χ1v) is 4.47. The van der Waals surface area contributed by atoms with Crippen molar-refractivity contribution >= 4 is 0 Å². The molecule has 78 valence electrons. The lowest BCUT2D eigenvalue weighted by atomic mass is 10.1. The normalized spacial score (nSPS) is 10.1. The van der Waals surface area contributed by atoms with Gasteiger partial charge in [-0.3, -0.25) is 0 Å². The highest BCUT2D eigenvalue weighted by atomic mass is 16.6. The molecule has 0 unspecified atom stereocenters. The van der Waals surface area contributed by atoms with Gasteiger partial charge in [0.2, 0.25) is 0 Å². The molecular formula is C10H14O4. The predicted octanol–water partition coefficient (Wildman–Crippen LogP) is 1.38. The third-order valence-electron chi connectivity index (χ3n) is 1.90. The first-order chi connectivity index (χ1) is 6.69. The molecule has 0 amide bonds. The highest BCUT2D eigenvalue weighted by Gasteiger charge is 2.08. The fourth-order valence-corrected chi connectivity index (χ4v) is 1.27. The van der Waals surface area contributed by atoms with E-state index in [9.17, 15) is 10.2 Å². The van der Waals surface area contributed by atoms with Crippen LogP contribution in [0.3, 0.4) is 0 Å². The minimum atomic E-state index is -0.444. The molecule has 0 heterocycles. The van der Waals surface area contributed by atoms with Crippen molar-refractivity contribution in [1.82, 2.24) is 0 Å². The van der Waals surface area contributed by atoms with E-state index in [0.29, 0.717) is 5.75 Å². The molecule has 0 aliphatic heterocycles. The molecule has 0 atom stereocenters. The zero-order valence-electron chi connectivity index (χ0n) is 8.03. The Morgan fingerprint density at radius 1 is 1.21 bits per heavy atom. The average Bonchev–Trinajstić information content (AvgIpc) is 2.14. The number of hydrogen-bond acceptors (Lipinski definition) is 4. The number of hydrogen-bond donors (Lipinski definition) is 3. The number of phenols is 2. The standard InChI is InChI=1S/C10H14O4/c1-2-3-7-4-8(12)9(13)5-10(7)14-6-11/h4-5,11-13H,2-3,6H2,1H3. The van der Waals surface area contributed by atoms with Gasteiger partial charge in [-0.15, -0.1) is 0 Å². The molecule has 1 rings (SSSR count). The van der Waals surface area contributed by atoms with Gasteiger partial charge in [0.1, 0.15) is 5.75 Å². The second-order valence-corrected chi connectivity index (χ2v) is 2.97. The maximum atomic E-state index is 9.25. The van der Waals surface area contributed by atoms with Crippen molar-refractivity contribution in [3.63, 3.8) is 0 Å². The van der Waals surface area contributed by atoms with Crippen molar-refractivity contribution in [1.29, 1.82) is 0 Å². The van der Waals surface area contributed by atoms with Crippen LogP contribution in [0.5, 0.6) is 17.2 Å². The Labute approximate surface area is 82.4 Å². The highest BCUT2D eigenvalue weighted by Crippen LogP contribution is 2.33. The number of ether oxygens (including phenoxy) is 1. The first kappa shape index (κ1) is 10.7. The molecule has 0 bridgehead atoms. The van der Waals surface area contributed by atoms with E-state index in [1.54, 1.807) is 0 Å². The Bertz CT molecular complexity index is 278. The van der Waals surface area contributed by atoms with Gasteiger partial charge < -0.3 is 20.1 Å². The molecule has 4 nitrogen and oxygen atoms in total. The van der Waals surface area contributed by atoms with Crippen LogP contribution < -0.4 is 4.74 Å². The molecule has 0 spiro atoms. The van der Waals surface area contributed by atoms with Crippen molar-refractivity contribution in [2.45, 2.75) is 19.8 Å². The molecule has 0 aromatic heterocycles. The average molecular weight is 198 g/mol. The van der Waals surface area contributed by atoms with Crippen molar-refractivity contribution in [3.8, 4) is 17.2 Å². The van der Waals surface area contributed by atoms with Crippen LogP contribution in [-0.4, -0.2) is 22.1 Å². The number of aliphatic hydroxyl groups is 1. The monoisotopic (exact) mass is 198 g/mol. The van der Waals surface area contributed by atoms with Gasteiger partial charge in [-0.1, -0.05) is 13.3 Å². The summed E-state index contributed by atoms with van der Waals surface area (Å²) >= 11 is 0. The number of phenolic OH excluding ortho intramolecular Hbond substituents is 2. The molecule has 0 aliphatic rings. The first-order valence-electron chi connectivity index (χ1n) is 4.47. The molecule has 0 fully saturated rings. The van der Waals surface area contributed by atoms with E-state index in [1.807, 2.05) is 6.92 Å². The lowest BCUT2D eigenvalue weighted by Crippen LogP contribution is -1.98. The summed E-state index contributed by atoms with van der Waals surface area (Å²) in [4.78, 5) is 0. The van der Waals surface area contributed by atoms with Gasteiger partial charge >= 0.3 is 0 Å². The molecular weight excluding hydrogens is 184 g/mol. The summed E-state index contributed by atoms with van der Waals surface area (Å²) in [6.45, 7) is 1.55. The minimum absolute atomic E-state index is 0.168. The molecule has 0 aliphatic carbocycles. The number of rotatable bonds is 4. The van der Waals surface area contributed by atoms with Gasteiger partial charge in [-0.2, -0.15) is 0 Å². The third kappa shape index (κ3) is 2.29. The minimum Gasteiger partial charge on any atom is -0.504 e. The number of aryl methyl sites for hydroxylation is 1. The SMILES string of the molecule is CCCc1cc(O)c(O)cc1OCO. The highest BCUT2D eigenvalue weighted by molar-refractivity contribution is 5.49. The summed E-state index contributed by atoms with van der Waals surface area (Å²) < 4.78 is 4.91. The Kier molecular flexibility index (Phi) is 3.59. The van der Waals surface area contributed by atoms with Crippen LogP contribution >= 0.6 is 0 Å². The Morgan fingerprint density at radius 2 is 1.86 bits per heavy atom. The largest absolute Gasteiger partial charge is 0.504 e. The van der Waals surface area contributed by atoms with Gasteiger partial charge in [0.25, 0.3) is 0 Å². The predicted molar refractivity (Wildman–Crippen MR) is 51.5 cm³/mol. The van der Waals surface area contributed by atoms with Crippen LogP contribution in [0.25, 0.3) is 0 Å². The van der Waals surface area contributed by atoms with Crippen molar-refractivity contribution in [3.05, 3.63) is 17.7 Å². The second-order valence-electron chi connectivity index (χ2n) is 2.97. The quantitative estimate of drug-likeness (QED) is 0.505. The molecule has 0 radical (unpaired) electrons. The van der Waals surface area contributed by atoms with E-state index in [1.165, 1.54) is 12.1 Å². The van der Waals surface area contributed by atoms with Gasteiger partial charge in [0, 0.05) is 6.07 Å². The van der Waals surface area contributed by atoms with Crippen molar-refractivity contribution in [2.24, 2.45) is 0 Å². The van der Waals surface area contributed by atoms with Crippen molar-refractivity contribution in [2.75, 3.05) is 6.79 Å². The fraction of sp³-hybridized carbons (Fsp3) is 0.400. The summed E-state index contributed by atoms with van der Waals surface area (Å²) in [5.74, 6) is -0.00306. The maximum absolute atomic E-state index is 9.25. The Hall–Kier alpha value is -1.42.